The van der Waals surface area contributed by atoms with E-state index in [4.69, 9.17) is 11.6 Å². The van der Waals surface area contributed by atoms with Crippen molar-refractivity contribution in [2.75, 3.05) is 17.4 Å². The van der Waals surface area contributed by atoms with Gasteiger partial charge in [0.05, 0.1) is 10.6 Å². The number of hydrogen-bond donors (Lipinski definition) is 1. The van der Waals surface area contributed by atoms with Crippen molar-refractivity contribution in [2.45, 2.75) is 44.7 Å². The number of aryl methyl sites for hydroxylation is 1. The zero-order valence-electron chi connectivity index (χ0n) is 25.5. The quantitative estimate of drug-likeness (QED) is 0.182. The maximum Gasteiger partial charge on any atom is 0.264 e. The van der Waals surface area contributed by atoms with E-state index < -0.39 is 34.3 Å². The molecule has 2 amide bonds. The van der Waals surface area contributed by atoms with Crippen LogP contribution >= 0.6 is 11.6 Å². The van der Waals surface area contributed by atoms with Crippen LogP contribution in [0.4, 0.5) is 10.1 Å². The smallest absolute Gasteiger partial charge is 0.264 e. The number of amides is 2. The molecule has 0 aromatic heterocycles. The molecule has 0 radical (unpaired) electrons. The molecule has 0 heterocycles. The topological polar surface area (TPSA) is 86.8 Å². The lowest BCUT2D eigenvalue weighted by atomic mass is 10.0. The van der Waals surface area contributed by atoms with E-state index in [0.717, 1.165) is 9.87 Å². The molecule has 0 saturated heterocycles. The van der Waals surface area contributed by atoms with Crippen molar-refractivity contribution in [1.29, 1.82) is 0 Å². The standard InChI is InChI=1S/C35H37ClFN3O4S/c1-25(2)22-38-35(42)33(21-27-10-5-4-6-11-27)39(23-28-13-17-30(37)18-14-28)34(41)24-40(32-12-8-7-9-26(32)3)45(43,44)31-19-15-29(36)16-20-31/h4-20,25,33H,21-24H2,1-3H3,(H,38,42). The second kappa shape index (κ2) is 15.2. The summed E-state index contributed by atoms with van der Waals surface area (Å²) in [5.41, 5.74) is 2.38. The molecule has 1 unspecified atom stereocenters. The Balaban J connectivity index is 1.80. The Bertz CT molecular complexity index is 1700. The number of nitrogens with zero attached hydrogens (tertiary/aromatic N) is 2. The van der Waals surface area contributed by atoms with Crippen LogP contribution in [0.25, 0.3) is 0 Å². The second-order valence-corrected chi connectivity index (χ2v) is 13.5. The summed E-state index contributed by atoms with van der Waals surface area (Å²) in [5.74, 6) is -1.24. The Morgan fingerprint density at radius 3 is 2.09 bits per heavy atom. The highest BCUT2D eigenvalue weighted by atomic mass is 35.5. The van der Waals surface area contributed by atoms with Gasteiger partial charge in [0, 0.05) is 24.5 Å². The summed E-state index contributed by atoms with van der Waals surface area (Å²) in [4.78, 5) is 29.6. The highest BCUT2D eigenvalue weighted by Crippen LogP contribution is 2.28. The molecule has 0 fully saturated rings. The van der Waals surface area contributed by atoms with Gasteiger partial charge in [0.2, 0.25) is 11.8 Å². The Kier molecular flexibility index (Phi) is 11.4. The highest BCUT2D eigenvalue weighted by molar-refractivity contribution is 7.92. The fraction of sp³-hybridized carbons (Fsp3) is 0.257. The zero-order chi connectivity index (χ0) is 32.6. The van der Waals surface area contributed by atoms with Crippen LogP contribution in [0.15, 0.2) is 108 Å². The Morgan fingerprint density at radius 1 is 0.844 bits per heavy atom. The van der Waals surface area contributed by atoms with Gasteiger partial charge in [-0.2, -0.15) is 0 Å². The van der Waals surface area contributed by atoms with Gasteiger partial charge in [0.15, 0.2) is 0 Å². The maximum absolute atomic E-state index is 14.5. The molecular formula is C35H37ClFN3O4S. The van der Waals surface area contributed by atoms with Gasteiger partial charge in [-0.05, 0) is 72.0 Å². The first-order chi connectivity index (χ1) is 21.5. The fourth-order valence-electron chi connectivity index (χ4n) is 4.85. The molecule has 1 atom stereocenters. The minimum Gasteiger partial charge on any atom is -0.354 e. The Hall–Kier alpha value is -4.21. The molecule has 0 spiro atoms. The monoisotopic (exact) mass is 649 g/mol. The summed E-state index contributed by atoms with van der Waals surface area (Å²) in [7, 11) is -4.25. The number of halogens is 2. The molecule has 4 aromatic rings. The number of benzene rings is 4. The van der Waals surface area contributed by atoms with Crippen molar-refractivity contribution in [3.63, 3.8) is 0 Å². The molecule has 1 N–H and O–H groups in total. The van der Waals surface area contributed by atoms with E-state index >= 15 is 0 Å². The molecule has 7 nitrogen and oxygen atoms in total. The zero-order valence-corrected chi connectivity index (χ0v) is 27.1. The molecule has 45 heavy (non-hydrogen) atoms. The molecule has 0 aliphatic rings. The van der Waals surface area contributed by atoms with Crippen LogP contribution in [0.1, 0.15) is 30.5 Å². The molecule has 0 aliphatic carbocycles. The normalized spacial score (nSPS) is 12.0. The minimum absolute atomic E-state index is 0.0384. The summed E-state index contributed by atoms with van der Waals surface area (Å²) in [6, 6.07) is 26.6. The number of hydrogen-bond acceptors (Lipinski definition) is 4. The fourth-order valence-corrected chi connectivity index (χ4v) is 6.46. The van der Waals surface area contributed by atoms with E-state index in [1.54, 1.807) is 43.3 Å². The van der Waals surface area contributed by atoms with Crippen molar-refractivity contribution in [3.8, 4) is 0 Å². The molecule has 236 valence electrons. The first-order valence-corrected chi connectivity index (χ1v) is 16.5. The largest absolute Gasteiger partial charge is 0.354 e. The lowest BCUT2D eigenvalue weighted by Crippen LogP contribution is -2.53. The first kappa shape index (κ1) is 33.7. The summed E-state index contributed by atoms with van der Waals surface area (Å²) in [6.07, 6.45) is 0.187. The molecule has 0 saturated carbocycles. The van der Waals surface area contributed by atoms with E-state index in [2.05, 4.69) is 5.32 Å². The van der Waals surface area contributed by atoms with E-state index in [-0.39, 0.29) is 29.7 Å². The van der Waals surface area contributed by atoms with Crippen LogP contribution in [-0.2, 0) is 32.6 Å². The van der Waals surface area contributed by atoms with Crippen molar-refractivity contribution in [3.05, 3.63) is 131 Å². The third-order valence-corrected chi connectivity index (χ3v) is 9.31. The second-order valence-electron chi connectivity index (χ2n) is 11.2. The van der Waals surface area contributed by atoms with Crippen LogP contribution < -0.4 is 9.62 Å². The third-order valence-electron chi connectivity index (χ3n) is 7.29. The van der Waals surface area contributed by atoms with Crippen molar-refractivity contribution in [1.82, 2.24) is 10.2 Å². The average molecular weight is 650 g/mol. The Labute approximate surface area is 269 Å². The van der Waals surface area contributed by atoms with Crippen molar-refractivity contribution < 1.29 is 22.4 Å². The third kappa shape index (κ3) is 8.93. The van der Waals surface area contributed by atoms with Gasteiger partial charge in [0.25, 0.3) is 10.0 Å². The number of sulfonamides is 1. The van der Waals surface area contributed by atoms with Gasteiger partial charge in [-0.3, -0.25) is 13.9 Å². The summed E-state index contributed by atoms with van der Waals surface area (Å²) in [5, 5.41) is 3.32. The number of para-hydroxylation sites is 1. The van der Waals surface area contributed by atoms with Gasteiger partial charge < -0.3 is 10.2 Å². The van der Waals surface area contributed by atoms with Crippen LogP contribution in [0.5, 0.6) is 0 Å². The lowest BCUT2D eigenvalue weighted by Gasteiger charge is -2.34. The van der Waals surface area contributed by atoms with Crippen LogP contribution in [0.2, 0.25) is 5.02 Å². The van der Waals surface area contributed by atoms with Gasteiger partial charge >= 0.3 is 0 Å². The van der Waals surface area contributed by atoms with Gasteiger partial charge in [0.1, 0.15) is 18.4 Å². The summed E-state index contributed by atoms with van der Waals surface area (Å²) < 4.78 is 43.1. The average Bonchev–Trinajstić information content (AvgIpc) is 3.02. The van der Waals surface area contributed by atoms with Crippen molar-refractivity contribution >= 4 is 39.1 Å². The number of carbonyl (C=O) groups is 2. The lowest BCUT2D eigenvalue weighted by molar-refractivity contribution is -0.140. The predicted molar refractivity (Wildman–Crippen MR) is 176 cm³/mol. The van der Waals surface area contributed by atoms with Gasteiger partial charge in [-0.25, -0.2) is 12.8 Å². The molecule has 0 bridgehead atoms. The van der Waals surface area contributed by atoms with E-state index in [0.29, 0.717) is 28.4 Å². The van der Waals surface area contributed by atoms with Gasteiger partial charge in [-0.15, -0.1) is 0 Å². The molecule has 10 heteroatoms. The number of anilines is 1. The van der Waals surface area contributed by atoms with Crippen LogP contribution in [-0.4, -0.2) is 44.3 Å². The number of carbonyl (C=O) groups excluding carboxylic acids is 2. The van der Waals surface area contributed by atoms with Crippen LogP contribution in [0.3, 0.4) is 0 Å². The SMILES string of the molecule is Cc1ccccc1N(CC(=O)N(Cc1ccc(F)cc1)C(Cc1ccccc1)C(=O)NCC(C)C)S(=O)(=O)c1ccc(Cl)cc1. The van der Waals surface area contributed by atoms with Gasteiger partial charge in [-0.1, -0.05) is 86.1 Å². The maximum atomic E-state index is 14.5. The highest BCUT2D eigenvalue weighted by Gasteiger charge is 2.35. The van der Waals surface area contributed by atoms with E-state index in [1.165, 1.54) is 41.3 Å². The molecule has 4 aromatic carbocycles. The molecule has 0 aliphatic heterocycles. The Morgan fingerprint density at radius 2 is 1.47 bits per heavy atom. The molecule has 4 rings (SSSR count). The number of nitrogens with one attached hydrogen (secondary N) is 1. The van der Waals surface area contributed by atoms with E-state index in [1.807, 2.05) is 44.2 Å². The van der Waals surface area contributed by atoms with Crippen LogP contribution in [0, 0.1) is 18.7 Å². The summed E-state index contributed by atoms with van der Waals surface area (Å²) in [6.45, 7) is 5.46. The predicted octanol–water partition coefficient (Wildman–Crippen LogP) is 6.40. The van der Waals surface area contributed by atoms with Crippen molar-refractivity contribution in [2.24, 2.45) is 5.92 Å². The van der Waals surface area contributed by atoms with E-state index in [9.17, 15) is 22.4 Å². The molecular weight excluding hydrogens is 613 g/mol. The first-order valence-electron chi connectivity index (χ1n) is 14.6. The summed E-state index contributed by atoms with van der Waals surface area (Å²) >= 11 is 6.04. The minimum atomic E-state index is -4.25. The number of rotatable bonds is 13.